The second-order valence-corrected chi connectivity index (χ2v) is 4.73. The van der Waals surface area contributed by atoms with Crippen molar-refractivity contribution in [2.24, 2.45) is 0 Å². The van der Waals surface area contributed by atoms with E-state index < -0.39 is 5.97 Å². The third kappa shape index (κ3) is 4.65. The van der Waals surface area contributed by atoms with Crippen molar-refractivity contribution in [3.05, 3.63) is 70.8 Å². The van der Waals surface area contributed by atoms with Gasteiger partial charge in [-0.3, -0.25) is 0 Å². The van der Waals surface area contributed by atoms with Gasteiger partial charge in [-0.1, -0.05) is 54.1 Å². The lowest BCUT2D eigenvalue weighted by Gasteiger charge is -2.04. The Hall–Kier alpha value is -2.26. The Labute approximate surface area is 128 Å². The Kier molecular flexibility index (Phi) is 5.41. The van der Waals surface area contributed by atoms with Crippen molar-refractivity contribution in [3.63, 3.8) is 0 Å². The van der Waals surface area contributed by atoms with E-state index in [2.05, 4.69) is 0 Å². The summed E-state index contributed by atoms with van der Waals surface area (Å²) in [6, 6.07) is 16.7. The van der Waals surface area contributed by atoms with Gasteiger partial charge in [-0.2, -0.15) is 0 Å². The fourth-order valence-corrected chi connectivity index (χ4v) is 1.88. The predicted octanol–water partition coefficient (Wildman–Crippen LogP) is 4.02. The molecule has 0 atom stereocenters. The summed E-state index contributed by atoms with van der Waals surface area (Å²) in [6.07, 6.45) is 1.56. The van der Waals surface area contributed by atoms with Crippen LogP contribution in [0.4, 0.5) is 0 Å². The topological polar surface area (TPSA) is 35.5 Å². The number of methoxy groups -OCH3 is 1. The minimum atomic E-state index is -0.545. The van der Waals surface area contributed by atoms with Crippen LogP contribution in [0.2, 0.25) is 0 Å². The van der Waals surface area contributed by atoms with E-state index in [4.69, 9.17) is 21.1 Å². The van der Waals surface area contributed by atoms with Gasteiger partial charge in [0.2, 0.25) is 0 Å². The number of halogens is 1. The van der Waals surface area contributed by atoms with Crippen LogP contribution >= 0.6 is 11.6 Å². The van der Waals surface area contributed by atoms with E-state index in [0.717, 1.165) is 16.9 Å². The molecule has 0 heterocycles. The quantitative estimate of drug-likeness (QED) is 0.618. The number of ether oxygens (including phenoxy) is 2. The van der Waals surface area contributed by atoms with Gasteiger partial charge in [-0.15, -0.1) is 0 Å². The minimum absolute atomic E-state index is 0.0381. The molecule has 0 fully saturated rings. The summed E-state index contributed by atoms with van der Waals surface area (Å²) in [5.41, 5.74) is 1.72. The third-order valence-electron chi connectivity index (χ3n) is 2.82. The maximum Gasteiger partial charge on any atom is 0.350 e. The zero-order chi connectivity index (χ0) is 15.1. The standard InChI is InChI=1S/C17H15ClO3/c1-20-15-9-7-13(8-10-15)11-16(18)17(19)21-12-14-5-3-2-4-6-14/h2-11H,12H2,1H3/b16-11-. The zero-order valence-electron chi connectivity index (χ0n) is 11.6. The van der Waals surface area contributed by atoms with E-state index >= 15 is 0 Å². The summed E-state index contributed by atoms with van der Waals surface area (Å²) in [4.78, 5) is 11.8. The molecule has 0 aliphatic carbocycles. The molecule has 0 unspecified atom stereocenters. The number of hydrogen-bond donors (Lipinski definition) is 0. The van der Waals surface area contributed by atoms with Crippen LogP contribution < -0.4 is 4.74 Å². The lowest BCUT2D eigenvalue weighted by molar-refractivity contribution is -0.139. The lowest BCUT2D eigenvalue weighted by atomic mass is 10.2. The van der Waals surface area contributed by atoms with Gasteiger partial charge in [0.05, 0.1) is 7.11 Å². The average molecular weight is 303 g/mol. The number of rotatable bonds is 5. The average Bonchev–Trinajstić information content (AvgIpc) is 2.54. The molecule has 0 aliphatic heterocycles. The molecule has 2 rings (SSSR count). The maximum atomic E-state index is 11.8. The highest BCUT2D eigenvalue weighted by atomic mass is 35.5. The summed E-state index contributed by atoms with van der Waals surface area (Å²) >= 11 is 5.96. The van der Waals surface area contributed by atoms with Crippen LogP contribution in [-0.2, 0) is 16.1 Å². The molecule has 0 saturated carbocycles. The van der Waals surface area contributed by atoms with Crippen LogP contribution in [-0.4, -0.2) is 13.1 Å². The highest BCUT2D eigenvalue weighted by molar-refractivity contribution is 6.43. The second kappa shape index (κ2) is 7.50. The Bertz CT molecular complexity index is 618. The first-order chi connectivity index (χ1) is 10.2. The molecule has 0 aromatic heterocycles. The molecule has 0 saturated heterocycles. The van der Waals surface area contributed by atoms with Crippen LogP contribution in [0.25, 0.3) is 6.08 Å². The van der Waals surface area contributed by atoms with E-state index in [0.29, 0.717) is 0 Å². The second-order valence-electron chi connectivity index (χ2n) is 4.33. The van der Waals surface area contributed by atoms with Crippen LogP contribution in [0.15, 0.2) is 59.6 Å². The first kappa shape index (κ1) is 15.1. The van der Waals surface area contributed by atoms with Gasteiger partial charge in [0.1, 0.15) is 17.4 Å². The Balaban J connectivity index is 1.96. The van der Waals surface area contributed by atoms with Gasteiger partial charge in [0, 0.05) is 0 Å². The summed E-state index contributed by atoms with van der Waals surface area (Å²) in [5.74, 6) is 0.200. The van der Waals surface area contributed by atoms with Crippen LogP contribution in [0.3, 0.4) is 0 Å². The predicted molar refractivity (Wildman–Crippen MR) is 83.1 cm³/mol. The summed E-state index contributed by atoms with van der Waals surface area (Å²) in [6.45, 7) is 0.201. The highest BCUT2D eigenvalue weighted by Gasteiger charge is 2.08. The van der Waals surface area contributed by atoms with Gasteiger partial charge in [0.15, 0.2) is 0 Å². The molecular formula is C17H15ClO3. The van der Waals surface area contributed by atoms with Crippen molar-refractivity contribution in [2.45, 2.75) is 6.61 Å². The highest BCUT2D eigenvalue weighted by Crippen LogP contribution is 2.16. The van der Waals surface area contributed by atoms with E-state index in [-0.39, 0.29) is 11.6 Å². The fourth-order valence-electron chi connectivity index (χ4n) is 1.70. The molecule has 0 N–H and O–H groups in total. The number of hydrogen-bond acceptors (Lipinski definition) is 3. The van der Waals surface area contributed by atoms with Crippen LogP contribution in [0.1, 0.15) is 11.1 Å². The zero-order valence-corrected chi connectivity index (χ0v) is 12.3. The largest absolute Gasteiger partial charge is 0.497 e. The van der Waals surface area contributed by atoms with Gasteiger partial charge in [-0.25, -0.2) is 4.79 Å². The molecule has 0 bridgehead atoms. The Morgan fingerprint density at radius 3 is 2.38 bits per heavy atom. The van der Waals surface area contributed by atoms with Crippen molar-refractivity contribution in [2.75, 3.05) is 7.11 Å². The fraction of sp³-hybridized carbons (Fsp3) is 0.118. The van der Waals surface area contributed by atoms with E-state index in [1.165, 1.54) is 0 Å². The number of benzene rings is 2. The van der Waals surface area contributed by atoms with Gasteiger partial charge in [0.25, 0.3) is 0 Å². The molecule has 0 amide bonds. The molecule has 21 heavy (non-hydrogen) atoms. The molecule has 4 heteroatoms. The van der Waals surface area contributed by atoms with E-state index in [1.807, 2.05) is 42.5 Å². The van der Waals surface area contributed by atoms with E-state index in [1.54, 1.807) is 25.3 Å². The van der Waals surface area contributed by atoms with Gasteiger partial charge in [-0.05, 0) is 29.3 Å². The first-order valence-electron chi connectivity index (χ1n) is 6.41. The summed E-state index contributed by atoms with van der Waals surface area (Å²) in [7, 11) is 1.60. The lowest BCUT2D eigenvalue weighted by Crippen LogP contribution is -2.04. The molecule has 0 spiro atoms. The van der Waals surface area contributed by atoms with Gasteiger partial charge < -0.3 is 9.47 Å². The molecule has 0 radical (unpaired) electrons. The maximum absolute atomic E-state index is 11.8. The molecule has 108 valence electrons. The molecule has 0 aliphatic rings. The number of carbonyl (C=O) groups excluding carboxylic acids is 1. The van der Waals surface area contributed by atoms with Crippen molar-refractivity contribution >= 4 is 23.6 Å². The van der Waals surface area contributed by atoms with Crippen molar-refractivity contribution in [1.82, 2.24) is 0 Å². The van der Waals surface area contributed by atoms with Crippen molar-refractivity contribution < 1.29 is 14.3 Å². The molecule has 2 aromatic carbocycles. The summed E-state index contributed by atoms with van der Waals surface area (Å²) < 4.78 is 10.2. The Morgan fingerprint density at radius 1 is 1.10 bits per heavy atom. The molecule has 2 aromatic rings. The van der Waals surface area contributed by atoms with Crippen LogP contribution in [0.5, 0.6) is 5.75 Å². The van der Waals surface area contributed by atoms with Crippen molar-refractivity contribution in [1.29, 1.82) is 0 Å². The number of esters is 1. The normalized spacial score (nSPS) is 11.0. The van der Waals surface area contributed by atoms with E-state index in [9.17, 15) is 4.79 Å². The van der Waals surface area contributed by atoms with Crippen molar-refractivity contribution in [3.8, 4) is 5.75 Å². The monoisotopic (exact) mass is 302 g/mol. The number of carbonyl (C=O) groups is 1. The third-order valence-corrected chi connectivity index (χ3v) is 3.08. The molecular weight excluding hydrogens is 288 g/mol. The first-order valence-corrected chi connectivity index (χ1v) is 6.79. The molecule has 3 nitrogen and oxygen atoms in total. The van der Waals surface area contributed by atoms with Crippen LogP contribution in [0, 0.1) is 0 Å². The minimum Gasteiger partial charge on any atom is -0.497 e. The SMILES string of the molecule is COc1ccc(/C=C(\Cl)C(=O)OCc2ccccc2)cc1. The Morgan fingerprint density at radius 2 is 1.76 bits per heavy atom. The van der Waals surface area contributed by atoms with Gasteiger partial charge >= 0.3 is 5.97 Å². The summed E-state index contributed by atoms with van der Waals surface area (Å²) in [5, 5.41) is 0.0381. The smallest absolute Gasteiger partial charge is 0.350 e.